The Labute approximate surface area is 188 Å². The summed E-state index contributed by atoms with van der Waals surface area (Å²) >= 11 is 0. The third kappa shape index (κ3) is 3.83. The van der Waals surface area contributed by atoms with Gasteiger partial charge in [0.2, 0.25) is 5.55 Å². The first kappa shape index (κ1) is 20.5. The second-order valence-corrected chi connectivity index (χ2v) is 7.82. The van der Waals surface area contributed by atoms with Gasteiger partial charge in [-0.15, -0.1) is 0 Å². The zero-order valence-electron chi connectivity index (χ0n) is 17.8. The van der Waals surface area contributed by atoms with Gasteiger partial charge < -0.3 is 14.2 Å². The Morgan fingerprint density at radius 1 is 0.848 bits per heavy atom. The highest BCUT2D eigenvalue weighted by Gasteiger charge is 2.20. The normalized spacial score (nSPS) is 11.2. The predicted molar refractivity (Wildman–Crippen MR) is 125 cm³/mol. The molecule has 5 rings (SSSR count). The Bertz CT molecular complexity index is 1560. The number of fused-ring (bicyclic) bond motifs is 3. The second kappa shape index (κ2) is 8.24. The fourth-order valence-corrected chi connectivity index (χ4v) is 4.01. The molecule has 0 aliphatic rings. The summed E-state index contributed by atoms with van der Waals surface area (Å²) in [5.41, 5.74) is 2.57. The molecule has 33 heavy (non-hydrogen) atoms. The number of benzene rings is 3. The van der Waals surface area contributed by atoms with E-state index < -0.39 is 17.6 Å². The molecule has 1 amide bonds. The van der Waals surface area contributed by atoms with Crippen LogP contribution >= 0.6 is 0 Å². The first-order chi connectivity index (χ1) is 16.0. The van der Waals surface area contributed by atoms with Crippen LogP contribution in [0.5, 0.6) is 0 Å². The summed E-state index contributed by atoms with van der Waals surface area (Å²) in [6, 6.07) is 25.3. The molecule has 0 unspecified atom stereocenters. The maximum absolute atomic E-state index is 13.4. The minimum Gasteiger partial charge on any atom is -0.438 e. The van der Waals surface area contributed by atoms with Gasteiger partial charge in [0.15, 0.2) is 0 Å². The molecule has 0 aliphatic carbocycles. The van der Waals surface area contributed by atoms with Crippen molar-refractivity contribution in [3.05, 3.63) is 123 Å². The van der Waals surface area contributed by atoms with E-state index in [2.05, 4.69) is 5.32 Å². The summed E-state index contributed by atoms with van der Waals surface area (Å²) in [5.74, 6) is -0.463. The SMILES string of the molecule is Cc1cc(=O)oc2c1ccc1oc(=N)c(C(=O)NC(c3ccccc3)c3ccccc3)cc12. The zero-order valence-corrected chi connectivity index (χ0v) is 17.8. The Balaban J connectivity index is 1.62. The summed E-state index contributed by atoms with van der Waals surface area (Å²) in [5, 5.41) is 12.5. The highest BCUT2D eigenvalue weighted by atomic mass is 16.4. The zero-order chi connectivity index (χ0) is 22.9. The minimum atomic E-state index is -0.485. The van der Waals surface area contributed by atoms with Crippen LogP contribution in [0.15, 0.2) is 98.6 Å². The molecular formula is C27H20N2O4. The topological polar surface area (TPSA) is 96.3 Å². The molecule has 6 heteroatoms. The van der Waals surface area contributed by atoms with Crippen LogP contribution in [0, 0.1) is 12.3 Å². The van der Waals surface area contributed by atoms with E-state index in [-0.39, 0.29) is 11.1 Å². The predicted octanol–water partition coefficient (Wildman–Crippen LogP) is 4.85. The van der Waals surface area contributed by atoms with Crippen molar-refractivity contribution in [1.29, 1.82) is 5.41 Å². The largest absolute Gasteiger partial charge is 0.438 e. The first-order valence-corrected chi connectivity index (χ1v) is 10.5. The molecule has 2 N–H and O–H groups in total. The van der Waals surface area contributed by atoms with Gasteiger partial charge in [0.05, 0.1) is 11.4 Å². The minimum absolute atomic E-state index is 0.0519. The molecule has 0 fully saturated rings. The van der Waals surface area contributed by atoms with E-state index in [9.17, 15) is 9.59 Å². The Hall–Kier alpha value is -4.45. The lowest BCUT2D eigenvalue weighted by Crippen LogP contribution is -2.32. The first-order valence-electron chi connectivity index (χ1n) is 10.5. The molecule has 0 radical (unpaired) electrons. The maximum Gasteiger partial charge on any atom is 0.336 e. The molecule has 2 heterocycles. The van der Waals surface area contributed by atoms with Gasteiger partial charge in [0.25, 0.3) is 5.91 Å². The van der Waals surface area contributed by atoms with Gasteiger partial charge in [-0.05, 0) is 41.8 Å². The van der Waals surface area contributed by atoms with Gasteiger partial charge in [-0.2, -0.15) is 0 Å². The van der Waals surface area contributed by atoms with E-state index in [0.717, 1.165) is 22.1 Å². The molecule has 0 bridgehead atoms. The van der Waals surface area contributed by atoms with Crippen LogP contribution in [0.4, 0.5) is 0 Å². The fourth-order valence-electron chi connectivity index (χ4n) is 4.01. The fraction of sp³-hybridized carbons (Fsp3) is 0.0741. The van der Waals surface area contributed by atoms with Crippen molar-refractivity contribution in [1.82, 2.24) is 5.32 Å². The molecule has 3 aromatic carbocycles. The third-order valence-electron chi connectivity index (χ3n) is 5.65. The summed E-state index contributed by atoms with van der Waals surface area (Å²) in [7, 11) is 0. The van der Waals surface area contributed by atoms with Gasteiger partial charge in [0.1, 0.15) is 16.7 Å². The van der Waals surface area contributed by atoms with Crippen LogP contribution in [-0.4, -0.2) is 5.91 Å². The van der Waals surface area contributed by atoms with Crippen LogP contribution in [0.1, 0.15) is 33.1 Å². The third-order valence-corrected chi connectivity index (χ3v) is 5.65. The lowest BCUT2D eigenvalue weighted by molar-refractivity contribution is 0.0938. The molecule has 0 saturated carbocycles. The van der Waals surface area contributed by atoms with Gasteiger partial charge >= 0.3 is 5.63 Å². The van der Waals surface area contributed by atoms with E-state index in [1.807, 2.05) is 67.6 Å². The number of hydrogen-bond acceptors (Lipinski definition) is 5. The van der Waals surface area contributed by atoms with Gasteiger partial charge in [-0.25, -0.2) is 4.79 Å². The van der Waals surface area contributed by atoms with Crippen molar-refractivity contribution in [3.63, 3.8) is 0 Å². The molecule has 6 nitrogen and oxygen atoms in total. The molecule has 2 aromatic heterocycles. The highest BCUT2D eigenvalue weighted by molar-refractivity contribution is 6.05. The second-order valence-electron chi connectivity index (χ2n) is 7.82. The maximum atomic E-state index is 13.4. The molecule has 162 valence electrons. The number of rotatable bonds is 4. The molecule has 5 aromatic rings. The molecule has 0 aliphatic heterocycles. The molecule has 0 spiro atoms. The van der Waals surface area contributed by atoms with Crippen molar-refractivity contribution < 1.29 is 13.6 Å². The summed E-state index contributed by atoms with van der Waals surface area (Å²) in [6.07, 6.45) is 0. The lowest BCUT2D eigenvalue weighted by Gasteiger charge is -2.20. The van der Waals surface area contributed by atoms with E-state index >= 15 is 0 Å². The molecule has 0 saturated heterocycles. The monoisotopic (exact) mass is 436 g/mol. The number of carbonyl (C=O) groups excluding carboxylic acids is 1. The number of hydrogen-bond donors (Lipinski definition) is 2. The molecule has 0 atom stereocenters. The van der Waals surface area contributed by atoms with Crippen molar-refractivity contribution >= 4 is 27.8 Å². The van der Waals surface area contributed by atoms with Crippen LogP contribution < -0.4 is 16.5 Å². The Morgan fingerprint density at radius 2 is 1.48 bits per heavy atom. The lowest BCUT2D eigenvalue weighted by atomic mass is 9.98. The Kier molecular flexibility index (Phi) is 5.11. The number of nitrogens with one attached hydrogen (secondary N) is 2. The van der Waals surface area contributed by atoms with E-state index in [1.54, 1.807) is 18.2 Å². The quantitative estimate of drug-likeness (QED) is 0.311. The molecular weight excluding hydrogens is 416 g/mol. The number of carbonyl (C=O) groups is 1. The average Bonchev–Trinajstić information content (AvgIpc) is 2.82. The van der Waals surface area contributed by atoms with Crippen LogP contribution in [0.2, 0.25) is 0 Å². The standard InChI is InChI=1S/C27H20N2O4/c1-16-14-23(30)33-25-19(16)12-13-22-20(25)15-21(26(28)32-22)27(31)29-24(17-8-4-2-5-9-17)18-10-6-3-7-11-18/h2-15,24,28H,1H3,(H,29,31). The number of amides is 1. The smallest absolute Gasteiger partial charge is 0.336 e. The summed E-state index contributed by atoms with van der Waals surface area (Å²) < 4.78 is 11.1. The van der Waals surface area contributed by atoms with E-state index in [1.165, 1.54) is 6.07 Å². The van der Waals surface area contributed by atoms with Crippen molar-refractivity contribution in [2.45, 2.75) is 13.0 Å². The summed E-state index contributed by atoms with van der Waals surface area (Å²) in [4.78, 5) is 25.3. The van der Waals surface area contributed by atoms with Crippen LogP contribution in [0.25, 0.3) is 21.9 Å². The van der Waals surface area contributed by atoms with E-state index in [4.69, 9.17) is 14.2 Å². The van der Waals surface area contributed by atoms with Crippen molar-refractivity contribution in [3.8, 4) is 0 Å². The van der Waals surface area contributed by atoms with Gasteiger partial charge in [0, 0.05) is 11.5 Å². The Morgan fingerprint density at radius 3 is 2.12 bits per heavy atom. The van der Waals surface area contributed by atoms with Gasteiger partial charge in [-0.3, -0.25) is 10.2 Å². The van der Waals surface area contributed by atoms with Crippen LogP contribution in [-0.2, 0) is 0 Å². The average molecular weight is 436 g/mol. The highest BCUT2D eigenvalue weighted by Crippen LogP contribution is 2.27. The van der Waals surface area contributed by atoms with Crippen molar-refractivity contribution in [2.24, 2.45) is 0 Å². The van der Waals surface area contributed by atoms with Crippen LogP contribution in [0.3, 0.4) is 0 Å². The number of aryl methyl sites for hydroxylation is 1. The van der Waals surface area contributed by atoms with E-state index in [0.29, 0.717) is 16.6 Å². The summed E-state index contributed by atoms with van der Waals surface area (Å²) in [6.45, 7) is 1.82. The van der Waals surface area contributed by atoms with Gasteiger partial charge in [-0.1, -0.05) is 60.7 Å². The van der Waals surface area contributed by atoms with Crippen molar-refractivity contribution in [2.75, 3.05) is 0 Å².